The van der Waals surface area contributed by atoms with Crippen molar-refractivity contribution in [3.8, 4) is 0 Å². The van der Waals surface area contributed by atoms with Crippen molar-refractivity contribution >= 4 is 18.4 Å². The van der Waals surface area contributed by atoms with Gasteiger partial charge in [-0.15, -0.1) is 0 Å². The number of aromatic nitrogens is 1. The van der Waals surface area contributed by atoms with Gasteiger partial charge in [0.1, 0.15) is 5.82 Å². The molecular weight excluding hydrogens is 251 g/mol. The zero-order valence-corrected chi connectivity index (χ0v) is 12.8. The van der Waals surface area contributed by atoms with Crippen LogP contribution >= 0.6 is 0 Å². The average Bonchev–Trinajstić information content (AvgIpc) is 3.10. The summed E-state index contributed by atoms with van der Waals surface area (Å²) in [6, 6.07) is 1.90. The van der Waals surface area contributed by atoms with Gasteiger partial charge in [0.15, 0.2) is 0 Å². The summed E-state index contributed by atoms with van der Waals surface area (Å²) in [4.78, 5) is 4.23. The summed E-state index contributed by atoms with van der Waals surface area (Å²) in [6.07, 6.45) is 5.56. The fourth-order valence-corrected chi connectivity index (χ4v) is 2.51. The van der Waals surface area contributed by atoms with Crippen LogP contribution in [-0.2, 0) is 15.7 Å². The maximum absolute atomic E-state index is 6.14. The quantitative estimate of drug-likeness (QED) is 0.855. The first-order valence-electron chi connectivity index (χ1n) is 7.38. The normalized spacial score (nSPS) is 24.1. The topological polar surface area (TPSA) is 57.4 Å². The van der Waals surface area contributed by atoms with Gasteiger partial charge >= 0.3 is 7.12 Å². The first-order valence-corrected chi connectivity index (χ1v) is 7.38. The number of rotatable bonds is 3. The molecule has 0 amide bonds. The third-order valence-corrected chi connectivity index (χ3v) is 4.76. The molecular formula is C15H23BN2O2. The highest BCUT2D eigenvalue weighted by Gasteiger charge is 2.52. The molecule has 2 aliphatic rings. The van der Waals surface area contributed by atoms with Crippen molar-refractivity contribution in [2.75, 3.05) is 5.73 Å². The predicted octanol–water partition coefficient (Wildman–Crippen LogP) is 1.92. The molecule has 2 N–H and O–H groups in total. The maximum Gasteiger partial charge on any atom is 0.495 e. The Kier molecular flexibility index (Phi) is 3.10. The fourth-order valence-electron chi connectivity index (χ4n) is 2.51. The molecule has 0 radical (unpaired) electrons. The summed E-state index contributed by atoms with van der Waals surface area (Å²) in [5.41, 5.74) is 7.45. The molecule has 1 saturated heterocycles. The van der Waals surface area contributed by atoms with Crippen molar-refractivity contribution in [2.24, 2.45) is 5.92 Å². The van der Waals surface area contributed by atoms with E-state index in [1.807, 2.05) is 12.3 Å². The molecule has 0 atom stereocenters. The molecule has 4 nitrogen and oxygen atoms in total. The summed E-state index contributed by atoms with van der Waals surface area (Å²) in [7, 11) is -0.348. The van der Waals surface area contributed by atoms with Crippen molar-refractivity contribution in [1.29, 1.82) is 0 Å². The summed E-state index contributed by atoms with van der Waals surface area (Å²) in [5, 5.41) is 0. The number of pyridine rings is 1. The van der Waals surface area contributed by atoms with E-state index in [2.05, 4.69) is 32.7 Å². The highest BCUT2D eigenvalue weighted by atomic mass is 16.7. The van der Waals surface area contributed by atoms with Crippen LogP contribution in [0, 0.1) is 5.92 Å². The third kappa shape index (κ3) is 2.45. The van der Waals surface area contributed by atoms with Gasteiger partial charge in [0, 0.05) is 6.20 Å². The van der Waals surface area contributed by atoms with Crippen molar-refractivity contribution in [1.82, 2.24) is 4.98 Å². The van der Waals surface area contributed by atoms with Crippen molar-refractivity contribution < 1.29 is 9.31 Å². The smallest absolute Gasteiger partial charge is 0.399 e. The summed E-state index contributed by atoms with van der Waals surface area (Å²) >= 11 is 0. The lowest BCUT2D eigenvalue weighted by molar-refractivity contribution is 0.00578. The molecule has 0 bridgehead atoms. The zero-order chi connectivity index (χ0) is 14.5. The van der Waals surface area contributed by atoms with Crippen LogP contribution in [0.4, 0.5) is 5.82 Å². The number of nitrogen functional groups attached to an aromatic ring is 1. The highest BCUT2D eigenvalue weighted by Crippen LogP contribution is 2.37. The fraction of sp³-hybridized carbons (Fsp3) is 0.667. The van der Waals surface area contributed by atoms with E-state index >= 15 is 0 Å². The van der Waals surface area contributed by atoms with Gasteiger partial charge in [0.2, 0.25) is 0 Å². The second kappa shape index (κ2) is 4.47. The van der Waals surface area contributed by atoms with E-state index in [9.17, 15) is 0 Å². The molecule has 1 aromatic heterocycles. The number of anilines is 1. The Morgan fingerprint density at radius 3 is 2.40 bits per heavy atom. The first-order chi connectivity index (χ1) is 9.28. The Hall–Kier alpha value is -1.07. The largest absolute Gasteiger partial charge is 0.495 e. The molecule has 20 heavy (non-hydrogen) atoms. The SMILES string of the molecule is CC1(C)OB(c2cc(N)ncc2CC2CC2)OC1(C)C. The van der Waals surface area contributed by atoms with E-state index in [1.54, 1.807) is 0 Å². The van der Waals surface area contributed by atoms with Crippen molar-refractivity contribution in [2.45, 2.75) is 58.2 Å². The van der Waals surface area contributed by atoms with E-state index in [-0.39, 0.29) is 18.3 Å². The molecule has 1 aliphatic heterocycles. The van der Waals surface area contributed by atoms with Gasteiger partial charge in [-0.3, -0.25) is 0 Å². The molecule has 5 heteroatoms. The molecule has 0 spiro atoms. The lowest BCUT2D eigenvalue weighted by Gasteiger charge is -2.32. The van der Waals surface area contributed by atoms with E-state index in [1.165, 1.54) is 18.4 Å². The molecule has 1 saturated carbocycles. The molecule has 0 unspecified atom stereocenters. The monoisotopic (exact) mass is 274 g/mol. The number of nitrogens with two attached hydrogens (primary N) is 1. The standard InChI is InChI=1S/C15H23BN2O2/c1-14(2)15(3,4)20-16(19-14)12-8-13(17)18-9-11(12)7-10-5-6-10/h8-10H,5-7H2,1-4H3,(H2,17,18). The van der Waals surface area contributed by atoms with Crippen LogP contribution in [-0.4, -0.2) is 23.3 Å². The van der Waals surface area contributed by atoms with Crippen LogP contribution in [0.2, 0.25) is 0 Å². The first kappa shape index (κ1) is 13.9. The van der Waals surface area contributed by atoms with Crippen LogP contribution in [0.1, 0.15) is 46.1 Å². The average molecular weight is 274 g/mol. The van der Waals surface area contributed by atoms with E-state index in [0.29, 0.717) is 5.82 Å². The molecule has 1 aliphatic carbocycles. The van der Waals surface area contributed by atoms with Gasteiger partial charge in [-0.25, -0.2) is 4.98 Å². The third-order valence-electron chi connectivity index (χ3n) is 4.76. The molecule has 108 valence electrons. The van der Waals surface area contributed by atoms with E-state index < -0.39 is 0 Å². The minimum Gasteiger partial charge on any atom is -0.399 e. The number of hydrogen-bond acceptors (Lipinski definition) is 4. The summed E-state index contributed by atoms with van der Waals surface area (Å²) < 4.78 is 12.3. The summed E-state index contributed by atoms with van der Waals surface area (Å²) in [5.74, 6) is 1.32. The van der Waals surface area contributed by atoms with Gasteiger partial charge in [0.25, 0.3) is 0 Å². The van der Waals surface area contributed by atoms with Crippen LogP contribution in [0.3, 0.4) is 0 Å². The Balaban J connectivity index is 1.91. The van der Waals surface area contributed by atoms with Crippen molar-refractivity contribution in [3.05, 3.63) is 17.8 Å². The second-order valence-corrected chi connectivity index (χ2v) is 7.04. The molecule has 1 aromatic rings. The minimum absolute atomic E-state index is 0.327. The lowest BCUT2D eigenvalue weighted by Crippen LogP contribution is -2.41. The maximum atomic E-state index is 6.14. The van der Waals surface area contributed by atoms with Crippen LogP contribution in [0.25, 0.3) is 0 Å². The van der Waals surface area contributed by atoms with Gasteiger partial charge in [-0.05, 0) is 70.0 Å². The van der Waals surface area contributed by atoms with Crippen molar-refractivity contribution in [3.63, 3.8) is 0 Å². The predicted molar refractivity (Wildman–Crippen MR) is 80.8 cm³/mol. The Labute approximate surface area is 121 Å². The zero-order valence-electron chi connectivity index (χ0n) is 12.8. The minimum atomic E-state index is -0.348. The molecule has 2 fully saturated rings. The Morgan fingerprint density at radius 1 is 1.25 bits per heavy atom. The Bertz CT molecular complexity index is 511. The van der Waals surface area contributed by atoms with Gasteiger partial charge in [0.05, 0.1) is 11.2 Å². The summed E-state index contributed by atoms with van der Waals surface area (Å²) in [6.45, 7) is 8.27. The van der Waals surface area contributed by atoms with E-state index in [0.717, 1.165) is 17.8 Å². The van der Waals surface area contributed by atoms with Gasteiger partial charge < -0.3 is 15.0 Å². The number of nitrogens with zero attached hydrogens (tertiary/aromatic N) is 1. The second-order valence-electron chi connectivity index (χ2n) is 7.04. The highest BCUT2D eigenvalue weighted by molar-refractivity contribution is 6.62. The van der Waals surface area contributed by atoms with Crippen LogP contribution in [0.5, 0.6) is 0 Å². The molecule has 3 rings (SSSR count). The van der Waals surface area contributed by atoms with Crippen LogP contribution < -0.4 is 11.2 Å². The van der Waals surface area contributed by atoms with Gasteiger partial charge in [-0.2, -0.15) is 0 Å². The Morgan fingerprint density at radius 2 is 1.85 bits per heavy atom. The molecule has 2 heterocycles. The molecule has 0 aromatic carbocycles. The van der Waals surface area contributed by atoms with Crippen LogP contribution in [0.15, 0.2) is 12.3 Å². The van der Waals surface area contributed by atoms with E-state index in [4.69, 9.17) is 15.0 Å². The lowest BCUT2D eigenvalue weighted by atomic mass is 9.75. The van der Waals surface area contributed by atoms with Gasteiger partial charge in [-0.1, -0.05) is 0 Å². The number of hydrogen-bond donors (Lipinski definition) is 1.